The zero-order chi connectivity index (χ0) is 20.2. The van der Waals surface area contributed by atoms with Gasteiger partial charge in [0.1, 0.15) is 0 Å². The molecule has 148 valence electrons. The van der Waals surface area contributed by atoms with Gasteiger partial charge < -0.3 is 5.32 Å². The van der Waals surface area contributed by atoms with Crippen LogP contribution in [-0.2, 0) is 4.79 Å². The first-order valence-corrected chi connectivity index (χ1v) is 9.91. The van der Waals surface area contributed by atoms with Crippen molar-refractivity contribution in [1.82, 2.24) is 5.32 Å². The van der Waals surface area contributed by atoms with Crippen LogP contribution in [0.25, 0.3) is 5.57 Å². The maximum Gasteiger partial charge on any atom is 0.269 e. The predicted octanol–water partition coefficient (Wildman–Crippen LogP) is 5.50. The molecule has 0 saturated carbocycles. The molecule has 0 atom stereocenters. The second-order valence-corrected chi connectivity index (χ2v) is 6.79. The molecule has 0 spiro atoms. The summed E-state index contributed by atoms with van der Waals surface area (Å²) in [7, 11) is 0. The van der Waals surface area contributed by atoms with E-state index in [0.29, 0.717) is 6.54 Å². The zero-order valence-electron chi connectivity index (χ0n) is 16.4. The zero-order valence-corrected chi connectivity index (χ0v) is 16.4. The van der Waals surface area contributed by atoms with Crippen LogP contribution in [0.15, 0.2) is 60.7 Å². The Morgan fingerprint density at radius 2 is 1.54 bits per heavy atom. The van der Waals surface area contributed by atoms with Gasteiger partial charge >= 0.3 is 0 Å². The van der Waals surface area contributed by atoms with Crippen LogP contribution in [0.1, 0.15) is 56.6 Å². The maximum absolute atomic E-state index is 12.4. The number of hydrogen-bond acceptors (Lipinski definition) is 3. The second-order valence-electron chi connectivity index (χ2n) is 6.79. The van der Waals surface area contributed by atoms with Gasteiger partial charge in [-0.05, 0) is 35.3 Å². The van der Waals surface area contributed by atoms with Gasteiger partial charge in [-0.25, -0.2) is 0 Å². The van der Waals surface area contributed by atoms with E-state index in [0.717, 1.165) is 29.5 Å². The molecule has 0 aliphatic heterocycles. The van der Waals surface area contributed by atoms with Gasteiger partial charge in [0.2, 0.25) is 5.91 Å². The van der Waals surface area contributed by atoms with Gasteiger partial charge in [-0.3, -0.25) is 14.9 Å². The van der Waals surface area contributed by atoms with Crippen molar-refractivity contribution in [2.24, 2.45) is 0 Å². The first-order valence-electron chi connectivity index (χ1n) is 9.91. The summed E-state index contributed by atoms with van der Waals surface area (Å²) in [6.45, 7) is 2.85. The highest BCUT2D eigenvalue weighted by atomic mass is 16.6. The average molecular weight is 380 g/mol. The van der Waals surface area contributed by atoms with E-state index in [1.54, 1.807) is 18.2 Å². The van der Waals surface area contributed by atoms with E-state index >= 15 is 0 Å². The summed E-state index contributed by atoms with van der Waals surface area (Å²) in [5, 5.41) is 13.8. The predicted molar refractivity (Wildman–Crippen MR) is 113 cm³/mol. The smallest absolute Gasteiger partial charge is 0.269 e. The molecule has 0 aromatic heterocycles. The number of nitro groups is 1. The quantitative estimate of drug-likeness (QED) is 0.242. The molecule has 0 heterocycles. The molecule has 2 aromatic carbocycles. The van der Waals surface area contributed by atoms with Crippen LogP contribution in [0.5, 0.6) is 0 Å². The molecule has 0 fully saturated rings. The van der Waals surface area contributed by atoms with Crippen molar-refractivity contribution in [3.8, 4) is 0 Å². The van der Waals surface area contributed by atoms with Crippen molar-refractivity contribution >= 4 is 17.2 Å². The molecule has 5 heteroatoms. The number of non-ortho nitro benzene ring substituents is 1. The number of nitrogens with zero attached hydrogens (tertiary/aromatic N) is 1. The van der Waals surface area contributed by atoms with E-state index in [1.807, 2.05) is 30.3 Å². The van der Waals surface area contributed by atoms with E-state index in [9.17, 15) is 14.9 Å². The Bertz CT molecular complexity index is 783. The minimum atomic E-state index is -0.428. The number of nitrogens with one attached hydrogen (secondary N) is 1. The summed E-state index contributed by atoms with van der Waals surface area (Å²) in [5.41, 5.74) is 2.44. The molecule has 0 bridgehead atoms. The van der Waals surface area contributed by atoms with Crippen molar-refractivity contribution in [2.75, 3.05) is 6.54 Å². The number of carbonyl (C=O) groups excluding carboxylic acids is 1. The van der Waals surface area contributed by atoms with Crippen LogP contribution in [-0.4, -0.2) is 17.4 Å². The van der Waals surface area contributed by atoms with Crippen LogP contribution in [0.4, 0.5) is 5.69 Å². The summed E-state index contributed by atoms with van der Waals surface area (Å²) in [5.74, 6) is -0.147. The standard InChI is InChI=1S/C23H28N2O3/c1-2-3-4-5-6-10-17-24-23(26)18-22(19-11-8-7-9-12-19)20-13-15-21(16-14-20)25(27)28/h7-9,11-16,18H,2-6,10,17H2,1H3,(H,24,26)/b22-18-. The third kappa shape index (κ3) is 6.99. The Balaban J connectivity index is 2.05. The van der Waals surface area contributed by atoms with Gasteiger partial charge in [0, 0.05) is 24.8 Å². The lowest BCUT2D eigenvalue weighted by molar-refractivity contribution is -0.384. The lowest BCUT2D eigenvalue weighted by Gasteiger charge is -2.09. The number of carbonyl (C=O) groups is 1. The summed E-state index contributed by atoms with van der Waals surface area (Å²) in [6.07, 6.45) is 8.63. The summed E-state index contributed by atoms with van der Waals surface area (Å²) in [4.78, 5) is 22.9. The average Bonchev–Trinajstić information content (AvgIpc) is 2.72. The van der Waals surface area contributed by atoms with Crippen molar-refractivity contribution in [3.05, 3.63) is 81.9 Å². The van der Waals surface area contributed by atoms with Crippen molar-refractivity contribution in [3.63, 3.8) is 0 Å². The van der Waals surface area contributed by atoms with Gasteiger partial charge in [-0.15, -0.1) is 0 Å². The molecule has 2 aromatic rings. The highest BCUT2D eigenvalue weighted by Crippen LogP contribution is 2.25. The minimum Gasteiger partial charge on any atom is -0.353 e. The van der Waals surface area contributed by atoms with E-state index < -0.39 is 4.92 Å². The Hall–Kier alpha value is -2.95. The molecule has 2 rings (SSSR count). The Labute approximate surface area is 166 Å². The van der Waals surface area contributed by atoms with Crippen molar-refractivity contribution in [2.45, 2.75) is 45.4 Å². The van der Waals surface area contributed by atoms with Crippen molar-refractivity contribution < 1.29 is 9.72 Å². The number of rotatable bonds is 11. The van der Waals surface area contributed by atoms with Crippen LogP contribution < -0.4 is 5.32 Å². The highest BCUT2D eigenvalue weighted by Gasteiger charge is 2.10. The van der Waals surface area contributed by atoms with Gasteiger partial charge in [-0.1, -0.05) is 69.4 Å². The Morgan fingerprint density at radius 1 is 0.929 bits per heavy atom. The third-order valence-electron chi connectivity index (χ3n) is 4.58. The molecular weight excluding hydrogens is 352 g/mol. The number of unbranched alkanes of at least 4 members (excludes halogenated alkanes) is 5. The normalized spacial score (nSPS) is 11.2. The van der Waals surface area contributed by atoms with Gasteiger partial charge in [0.15, 0.2) is 0 Å². The number of nitro benzene ring substituents is 1. The molecule has 0 aliphatic rings. The fourth-order valence-corrected chi connectivity index (χ4v) is 3.01. The Kier molecular flexibility index (Phi) is 8.92. The van der Waals surface area contributed by atoms with E-state index in [-0.39, 0.29) is 11.6 Å². The van der Waals surface area contributed by atoms with Gasteiger partial charge in [0.25, 0.3) is 5.69 Å². The fraction of sp³-hybridized carbons (Fsp3) is 0.348. The molecule has 1 N–H and O–H groups in total. The second kappa shape index (κ2) is 11.7. The van der Waals surface area contributed by atoms with E-state index in [2.05, 4.69) is 12.2 Å². The lowest BCUT2D eigenvalue weighted by Crippen LogP contribution is -2.22. The molecule has 1 amide bonds. The van der Waals surface area contributed by atoms with Crippen LogP contribution in [0.3, 0.4) is 0 Å². The molecule has 5 nitrogen and oxygen atoms in total. The van der Waals surface area contributed by atoms with Crippen LogP contribution in [0, 0.1) is 10.1 Å². The van der Waals surface area contributed by atoms with Crippen LogP contribution in [0.2, 0.25) is 0 Å². The van der Waals surface area contributed by atoms with Crippen molar-refractivity contribution in [1.29, 1.82) is 0 Å². The first-order chi connectivity index (χ1) is 13.6. The number of benzene rings is 2. The Morgan fingerprint density at radius 3 is 2.18 bits per heavy atom. The van der Waals surface area contributed by atoms with Gasteiger partial charge in [0.05, 0.1) is 4.92 Å². The summed E-state index contributed by atoms with van der Waals surface area (Å²) in [6, 6.07) is 15.8. The van der Waals surface area contributed by atoms with Crippen LogP contribution >= 0.6 is 0 Å². The number of amides is 1. The lowest BCUT2D eigenvalue weighted by atomic mass is 9.97. The molecule has 0 aliphatic carbocycles. The topological polar surface area (TPSA) is 72.2 Å². The first kappa shape index (κ1) is 21.4. The number of hydrogen-bond donors (Lipinski definition) is 1. The maximum atomic E-state index is 12.4. The molecular formula is C23H28N2O3. The summed E-state index contributed by atoms with van der Waals surface area (Å²) >= 11 is 0. The summed E-state index contributed by atoms with van der Waals surface area (Å²) < 4.78 is 0. The largest absolute Gasteiger partial charge is 0.353 e. The monoisotopic (exact) mass is 380 g/mol. The molecule has 28 heavy (non-hydrogen) atoms. The van der Waals surface area contributed by atoms with E-state index in [4.69, 9.17) is 0 Å². The minimum absolute atomic E-state index is 0.0312. The third-order valence-corrected chi connectivity index (χ3v) is 4.58. The van der Waals surface area contributed by atoms with Gasteiger partial charge in [-0.2, -0.15) is 0 Å². The molecule has 0 saturated heterocycles. The molecule has 0 unspecified atom stereocenters. The van der Waals surface area contributed by atoms with E-state index in [1.165, 1.54) is 37.8 Å². The SMILES string of the molecule is CCCCCCCCNC(=O)/C=C(/c1ccccc1)c1ccc([N+](=O)[O-])cc1. The fourth-order valence-electron chi connectivity index (χ4n) is 3.01. The highest BCUT2D eigenvalue weighted by molar-refractivity contribution is 5.99. The molecule has 0 radical (unpaired) electrons.